The van der Waals surface area contributed by atoms with Gasteiger partial charge in [0.1, 0.15) is 0 Å². The molecule has 28 heavy (non-hydrogen) atoms. The fourth-order valence-corrected chi connectivity index (χ4v) is 6.34. The van der Waals surface area contributed by atoms with Gasteiger partial charge in [0, 0.05) is 60.6 Å². The Morgan fingerprint density at radius 2 is 1.68 bits per heavy atom. The van der Waals surface area contributed by atoms with Gasteiger partial charge in [0.05, 0.1) is 13.2 Å². The third-order valence-electron chi connectivity index (χ3n) is 5.10. The van der Waals surface area contributed by atoms with Gasteiger partial charge in [-0.3, -0.25) is 4.90 Å². The number of piperazine rings is 1. The summed E-state index contributed by atoms with van der Waals surface area (Å²) in [6.45, 7) is 5.25. The number of benzene rings is 1. The van der Waals surface area contributed by atoms with Crippen molar-refractivity contribution in [2.45, 2.75) is 6.54 Å². The molecule has 0 saturated carbocycles. The molecule has 0 bridgehead atoms. The maximum absolute atomic E-state index is 12.8. The third kappa shape index (κ3) is 4.59. The summed E-state index contributed by atoms with van der Waals surface area (Å²) in [6, 6.07) is 12.2. The molecule has 0 amide bonds. The highest BCUT2D eigenvalue weighted by molar-refractivity contribution is 7.86. The fraction of sp³-hybridized carbons (Fsp3) is 0.474. The Morgan fingerprint density at radius 1 is 0.964 bits per heavy atom. The van der Waals surface area contributed by atoms with Crippen LogP contribution in [-0.4, -0.2) is 74.4 Å². The topological polar surface area (TPSA) is 53.1 Å². The van der Waals surface area contributed by atoms with Crippen molar-refractivity contribution in [3.63, 3.8) is 0 Å². The molecule has 4 rings (SSSR count). The van der Waals surface area contributed by atoms with E-state index in [4.69, 9.17) is 16.3 Å². The zero-order valence-corrected chi connectivity index (χ0v) is 18.0. The summed E-state index contributed by atoms with van der Waals surface area (Å²) in [5.74, 6) is 0. The molecular formula is C19H24ClN3O3S2. The van der Waals surface area contributed by atoms with E-state index in [1.165, 1.54) is 9.75 Å². The summed E-state index contributed by atoms with van der Waals surface area (Å²) in [5, 5.41) is 0.741. The molecule has 0 atom stereocenters. The lowest BCUT2D eigenvalue weighted by Gasteiger charge is -2.37. The van der Waals surface area contributed by atoms with Crippen LogP contribution in [-0.2, 0) is 21.5 Å². The Bertz CT molecular complexity index is 905. The van der Waals surface area contributed by atoms with Gasteiger partial charge in [-0.25, -0.2) is 0 Å². The average molecular weight is 442 g/mol. The summed E-state index contributed by atoms with van der Waals surface area (Å²) in [5.41, 5.74) is 1.13. The molecule has 0 unspecified atom stereocenters. The lowest BCUT2D eigenvalue weighted by atomic mass is 10.2. The van der Waals surface area contributed by atoms with Crippen molar-refractivity contribution in [2.24, 2.45) is 0 Å². The molecule has 3 heterocycles. The van der Waals surface area contributed by atoms with Gasteiger partial charge >= 0.3 is 0 Å². The number of thiophene rings is 1. The fourth-order valence-electron chi connectivity index (χ4n) is 3.54. The molecule has 0 spiro atoms. The van der Waals surface area contributed by atoms with E-state index < -0.39 is 10.2 Å². The Hall–Kier alpha value is -1.000. The second-order valence-electron chi connectivity index (χ2n) is 6.97. The maximum Gasteiger partial charge on any atom is 0.282 e. The van der Waals surface area contributed by atoms with Crippen LogP contribution < -0.4 is 0 Å². The Labute approximate surface area is 175 Å². The zero-order chi connectivity index (χ0) is 19.6. The van der Waals surface area contributed by atoms with Crippen molar-refractivity contribution in [1.29, 1.82) is 0 Å². The molecule has 0 aliphatic carbocycles. The minimum absolute atomic E-state index is 0.448. The van der Waals surface area contributed by atoms with Gasteiger partial charge in [0.15, 0.2) is 0 Å². The first-order valence-electron chi connectivity index (χ1n) is 9.42. The van der Waals surface area contributed by atoms with E-state index in [0.29, 0.717) is 39.4 Å². The van der Waals surface area contributed by atoms with E-state index in [9.17, 15) is 8.42 Å². The molecule has 2 fully saturated rings. The first-order valence-corrected chi connectivity index (χ1v) is 12.0. The van der Waals surface area contributed by atoms with Crippen LogP contribution >= 0.6 is 22.9 Å². The molecule has 2 saturated heterocycles. The largest absolute Gasteiger partial charge is 0.379 e. The number of hydrogen-bond donors (Lipinski definition) is 0. The van der Waals surface area contributed by atoms with Crippen LogP contribution in [0.2, 0.25) is 5.02 Å². The average Bonchev–Trinajstić information content (AvgIpc) is 3.18. The molecule has 2 aromatic rings. The van der Waals surface area contributed by atoms with Crippen molar-refractivity contribution in [1.82, 2.24) is 13.5 Å². The molecule has 152 valence electrons. The van der Waals surface area contributed by atoms with Crippen molar-refractivity contribution in [3.8, 4) is 10.4 Å². The van der Waals surface area contributed by atoms with Crippen molar-refractivity contribution in [3.05, 3.63) is 46.3 Å². The van der Waals surface area contributed by atoms with E-state index >= 15 is 0 Å². The number of rotatable bonds is 5. The van der Waals surface area contributed by atoms with Crippen LogP contribution in [0.5, 0.6) is 0 Å². The lowest BCUT2D eigenvalue weighted by Crippen LogP contribution is -2.54. The third-order valence-corrected chi connectivity index (χ3v) is 8.49. The SMILES string of the molecule is O=S(=O)(N1CCOCC1)N1CCN(Cc2ccc(-c3cccc(Cl)c3)s2)CC1. The summed E-state index contributed by atoms with van der Waals surface area (Å²) in [6.07, 6.45) is 0. The van der Waals surface area contributed by atoms with Gasteiger partial charge < -0.3 is 4.74 Å². The Kier molecular flexibility index (Phi) is 6.37. The Balaban J connectivity index is 1.33. The molecule has 9 heteroatoms. The quantitative estimate of drug-likeness (QED) is 0.716. The maximum atomic E-state index is 12.8. The Morgan fingerprint density at radius 3 is 2.39 bits per heavy atom. The minimum atomic E-state index is -3.37. The zero-order valence-electron chi connectivity index (χ0n) is 15.6. The molecule has 0 N–H and O–H groups in total. The molecular weight excluding hydrogens is 418 g/mol. The first-order chi connectivity index (χ1) is 13.5. The van der Waals surface area contributed by atoms with E-state index in [0.717, 1.165) is 30.2 Å². The van der Waals surface area contributed by atoms with Gasteiger partial charge in [-0.05, 0) is 29.8 Å². The summed E-state index contributed by atoms with van der Waals surface area (Å²) < 4.78 is 33.9. The molecule has 2 aliphatic rings. The van der Waals surface area contributed by atoms with Gasteiger partial charge in [-0.2, -0.15) is 17.0 Å². The predicted molar refractivity (Wildman–Crippen MR) is 113 cm³/mol. The number of ether oxygens (including phenoxy) is 1. The van der Waals surface area contributed by atoms with Crippen molar-refractivity contribution in [2.75, 3.05) is 52.5 Å². The lowest BCUT2D eigenvalue weighted by molar-refractivity contribution is 0.0684. The summed E-state index contributed by atoms with van der Waals surface area (Å²) in [7, 11) is -3.37. The monoisotopic (exact) mass is 441 g/mol. The van der Waals surface area contributed by atoms with Crippen LogP contribution in [0.25, 0.3) is 10.4 Å². The highest BCUT2D eigenvalue weighted by Crippen LogP contribution is 2.30. The van der Waals surface area contributed by atoms with Crippen molar-refractivity contribution >= 4 is 33.1 Å². The van der Waals surface area contributed by atoms with Gasteiger partial charge in [-0.15, -0.1) is 11.3 Å². The summed E-state index contributed by atoms with van der Waals surface area (Å²) >= 11 is 7.86. The van der Waals surface area contributed by atoms with Crippen LogP contribution in [0.4, 0.5) is 0 Å². The van der Waals surface area contributed by atoms with Crippen LogP contribution in [0.1, 0.15) is 4.88 Å². The first kappa shape index (κ1) is 20.3. The van der Waals surface area contributed by atoms with E-state index in [2.05, 4.69) is 23.1 Å². The van der Waals surface area contributed by atoms with Crippen LogP contribution in [0.15, 0.2) is 36.4 Å². The highest BCUT2D eigenvalue weighted by atomic mass is 35.5. The smallest absolute Gasteiger partial charge is 0.282 e. The second-order valence-corrected chi connectivity index (χ2v) is 10.5. The molecule has 6 nitrogen and oxygen atoms in total. The summed E-state index contributed by atoms with van der Waals surface area (Å²) in [4.78, 5) is 4.80. The predicted octanol–water partition coefficient (Wildman–Crippen LogP) is 2.76. The molecule has 2 aliphatic heterocycles. The standard InChI is InChI=1S/C19H24ClN3O3S2/c20-17-3-1-2-16(14-17)19-5-4-18(27-19)15-21-6-8-22(9-7-21)28(24,25)23-10-12-26-13-11-23/h1-5,14H,6-13,15H2. The second kappa shape index (κ2) is 8.79. The van der Waals surface area contributed by atoms with Crippen LogP contribution in [0.3, 0.4) is 0 Å². The highest BCUT2D eigenvalue weighted by Gasteiger charge is 2.33. The number of nitrogens with zero attached hydrogens (tertiary/aromatic N) is 3. The van der Waals surface area contributed by atoms with Gasteiger partial charge in [0.2, 0.25) is 0 Å². The van der Waals surface area contributed by atoms with Gasteiger partial charge in [-0.1, -0.05) is 23.7 Å². The van der Waals surface area contributed by atoms with E-state index in [1.54, 1.807) is 19.9 Å². The van der Waals surface area contributed by atoms with E-state index in [-0.39, 0.29) is 0 Å². The van der Waals surface area contributed by atoms with Gasteiger partial charge in [0.25, 0.3) is 10.2 Å². The molecule has 1 aromatic heterocycles. The molecule has 0 radical (unpaired) electrons. The van der Waals surface area contributed by atoms with Crippen LogP contribution in [0, 0.1) is 0 Å². The number of hydrogen-bond acceptors (Lipinski definition) is 5. The normalized spacial score (nSPS) is 20.5. The minimum Gasteiger partial charge on any atom is -0.379 e. The number of morpholine rings is 1. The number of halogens is 1. The van der Waals surface area contributed by atoms with Crippen molar-refractivity contribution < 1.29 is 13.2 Å². The molecule has 1 aromatic carbocycles. The van der Waals surface area contributed by atoms with E-state index in [1.807, 2.05) is 18.2 Å².